The lowest BCUT2D eigenvalue weighted by molar-refractivity contribution is 0.273. The van der Waals surface area contributed by atoms with Gasteiger partial charge in [-0.3, -0.25) is 9.88 Å². The normalized spacial score (nSPS) is 20.4. The van der Waals surface area contributed by atoms with Crippen LogP contribution in [0.25, 0.3) is 0 Å². The number of rotatable bonds is 3. The van der Waals surface area contributed by atoms with Crippen LogP contribution in [-0.4, -0.2) is 40.5 Å². The standard InChI is InChI=1S/C14H23N3S/c1-14(2)5-7-17(8-9-18-14)11-13-10-12(15-3)4-6-16-13/h4,6,10H,5,7-9,11H2,1-3H3,(H,15,16). The molecule has 0 aliphatic carbocycles. The number of hydrogen-bond acceptors (Lipinski definition) is 4. The van der Waals surface area contributed by atoms with E-state index in [1.54, 1.807) is 0 Å². The summed E-state index contributed by atoms with van der Waals surface area (Å²) in [5.41, 5.74) is 2.30. The van der Waals surface area contributed by atoms with Gasteiger partial charge in [0.05, 0.1) is 5.69 Å². The van der Waals surface area contributed by atoms with Crippen LogP contribution in [0.15, 0.2) is 18.3 Å². The number of nitrogens with zero attached hydrogens (tertiary/aromatic N) is 2. The molecule has 1 aromatic heterocycles. The van der Waals surface area contributed by atoms with Crippen molar-refractivity contribution >= 4 is 17.4 Å². The molecule has 1 aliphatic heterocycles. The molecule has 1 aliphatic rings. The fourth-order valence-electron chi connectivity index (χ4n) is 2.17. The zero-order valence-corrected chi connectivity index (χ0v) is 12.4. The Balaban J connectivity index is 1.96. The number of hydrogen-bond donors (Lipinski definition) is 1. The van der Waals surface area contributed by atoms with Gasteiger partial charge >= 0.3 is 0 Å². The Morgan fingerprint density at radius 2 is 2.28 bits per heavy atom. The van der Waals surface area contributed by atoms with Crippen molar-refractivity contribution in [2.45, 2.75) is 31.6 Å². The first-order valence-corrected chi connectivity index (χ1v) is 7.57. The van der Waals surface area contributed by atoms with Gasteiger partial charge in [-0.15, -0.1) is 0 Å². The van der Waals surface area contributed by atoms with Gasteiger partial charge in [-0.25, -0.2) is 0 Å². The van der Waals surface area contributed by atoms with E-state index in [0.29, 0.717) is 4.75 Å². The Kier molecular flexibility index (Phi) is 4.51. The van der Waals surface area contributed by atoms with Gasteiger partial charge in [-0.05, 0) is 25.1 Å². The van der Waals surface area contributed by atoms with E-state index in [0.717, 1.165) is 17.9 Å². The van der Waals surface area contributed by atoms with Crippen LogP contribution < -0.4 is 5.32 Å². The fraction of sp³-hybridized carbons (Fsp3) is 0.643. The molecule has 1 saturated heterocycles. The maximum atomic E-state index is 4.46. The van der Waals surface area contributed by atoms with Crippen LogP contribution in [0.5, 0.6) is 0 Å². The summed E-state index contributed by atoms with van der Waals surface area (Å²) < 4.78 is 0.426. The first-order chi connectivity index (χ1) is 8.59. The van der Waals surface area contributed by atoms with Gasteiger partial charge in [0.2, 0.25) is 0 Å². The van der Waals surface area contributed by atoms with Gasteiger partial charge in [-0.2, -0.15) is 11.8 Å². The van der Waals surface area contributed by atoms with E-state index in [1.165, 1.54) is 25.3 Å². The quantitative estimate of drug-likeness (QED) is 0.909. The minimum absolute atomic E-state index is 0.426. The number of thioether (sulfide) groups is 1. The van der Waals surface area contributed by atoms with Crippen molar-refractivity contribution < 1.29 is 0 Å². The van der Waals surface area contributed by atoms with Crippen LogP contribution in [0.4, 0.5) is 5.69 Å². The second-order valence-corrected chi connectivity index (χ2v) is 7.22. The summed E-state index contributed by atoms with van der Waals surface area (Å²) in [6.45, 7) is 8.00. The average Bonchev–Trinajstić information content (AvgIpc) is 2.51. The maximum absolute atomic E-state index is 4.46. The van der Waals surface area contributed by atoms with Gasteiger partial charge in [0, 0.05) is 42.5 Å². The predicted molar refractivity (Wildman–Crippen MR) is 80.2 cm³/mol. The topological polar surface area (TPSA) is 28.2 Å². The monoisotopic (exact) mass is 265 g/mol. The Bertz CT molecular complexity index is 392. The van der Waals surface area contributed by atoms with E-state index in [9.17, 15) is 0 Å². The summed E-state index contributed by atoms with van der Waals surface area (Å²) >= 11 is 2.09. The summed E-state index contributed by atoms with van der Waals surface area (Å²) in [7, 11) is 1.95. The van der Waals surface area contributed by atoms with Crippen molar-refractivity contribution in [3.63, 3.8) is 0 Å². The lowest BCUT2D eigenvalue weighted by Gasteiger charge is -2.22. The molecular formula is C14H23N3S. The Labute approximate surface area is 114 Å². The molecular weight excluding hydrogens is 242 g/mol. The molecule has 0 atom stereocenters. The second kappa shape index (κ2) is 5.93. The van der Waals surface area contributed by atoms with E-state index in [-0.39, 0.29) is 0 Å². The SMILES string of the molecule is CNc1ccnc(CN2CCSC(C)(C)CC2)c1. The largest absolute Gasteiger partial charge is 0.388 e. The van der Waals surface area contributed by atoms with E-state index in [4.69, 9.17) is 0 Å². The molecule has 100 valence electrons. The highest BCUT2D eigenvalue weighted by Gasteiger charge is 2.23. The highest BCUT2D eigenvalue weighted by atomic mass is 32.2. The molecule has 1 fully saturated rings. The molecule has 4 heteroatoms. The highest BCUT2D eigenvalue weighted by molar-refractivity contribution is 8.00. The van der Waals surface area contributed by atoms with Crippen molar-refractivity contribution in [2.24, 2.45) is 0 Å². The van der Waals surface area contributed by atoms with E-state index in [2.05, 4.69) is 46.9 Å². The lowest BCUT2D eigenvalue weighted by atomic mass is 10.1. The Morgan fingerprint density at radius 3 is 3.06 bits per heavy atom. The van der Waals surface area contributed by atoms with Crippen LogP contribution in [0.3, 0.4) is 0 Å². The lowest BCUT2D eigenvalue weighted by Crippen LogP contribution is -2.27. The molecule has 0 amide bonds. The summed E-state index contributed by atoms with van der Waals surface area (Å²) in [6, 6.07) is 4.15. The van der Waals surface area contributed by atoms with Crippen molar-refractivity contribution in [1.82, 2.24) is 9.88 Å². The summed E-state index contributed by atoms with van der Waals surface area (Å²) in [5.74, 6) is 1.22. The van der Waals surface area contributed by atoms with Gasteiger partial charge in [0.1, 0.15) is 0 Å². The van der Waals surface area contributed by atoms with Crippen molar-refractivity contribution in [3.8, 4) is 0 Å². The summed E-state index contributed by atoms with van der Waals surface area (Å²) in [4.78, 5) is 6.98. The first kappa shape index (κ1) is 13.7. The number of aromatic nitrogens is 1. The predicted octanol–water partition coefficient (Wildman–Crippen LogP) is 2.84. The molecule has 3 nitrogen and oxygen atoms in total. The van der Waals surface area contributed by atoms with Crippen molar-refractivity contribution in [1.29, 1.82) is 0 Å². The molecule has 18 heavy (non-hydrogen) atoms. The molecule has 0 saturated carbocycles. The van der Waals surface area contributed by atoms with E-state index >= 15 is 0 Å². The van der Waals surface area contributed by atoms with Gasteiger partial charge in [0.15, 0.2) is 0 Å². The zero-order valence-electron chi connectivity index (χ0n) is 11.6. The molecule has 2 rings (SSSR count). The zero-order chi connectivity index (χ0) is 13.0. The van der Waals surface area contributed by atoms with Crippen LogP contribution in [0.2, 0.25) is 0 Å². The Morgan fingerprint density at radius 1 is 1.44 bits per heavy atom. The van der Waals surface area contributed by atoms with E-state index < -0.39 is 0 Å². The van der Waals surface area contributed by atoms with E-state index in [1.807, 2.05) is 19.3 Å². The van der Waals surface area contributed by atoms with Crippen LogP contribution in [0.1, 0.15) is 26.0 Å². The second-order valence-electron chi connectivity index (χ2n) is 5.42. The summed E-state index contributed by atoms with van der Waals surface area (Å²) in [5, 5.41) is 3.17. The maximum Gasteiger partial charge on any atom is 0.0564 e. The molecule has 1 N–H and O–H groups in total. The fourth-order valence-corrected chi connectivity index (χ4v) is 3.31. The third kappa shape index (κ3) is 3.89. The molecule has 0 aromatic carbocycles. The molecule has 2 heterocycles. The van der Waals surface area contributed by atoms with Gasteiger partial charge in [-0.1, -0.05) is 13.8 Å². The molecule has 0 unspecified atom stereocenters. The molecule has 0 bridgehead atoms. The minimum Gasteiger partial charge on any atom is -0.388 e. The smallest absolute Gasteiger partial charge is 0.0564 e. The molecule has 0 radical (unpaired) electrons. The molecule has 1 aromatic rings. The average molecular weight is 265 g/mol. The number of pyridine rings is 1. The highest BCUT2D eigenvalue weighted by Crippen LogP contribution is 2.30. The Hall–Kier alpha value is -0.740. The third-order valence-electron chi connectivity index (χ3n) is 3.42. The number of nitrogens with one attached hydrogen (secondary N) is 1. The first-order valence-electron chi connectivity index (χ1n) is 6.58. The van der Waals surface area contributed by atoms with Gasteiger partial charge < -0.3 is 5.32 Å². The van der Waals surface area contributed by atoms with Crippen molar-refractivity contribution in [2.75, 3.05) is 31.2 Å². The van der Waals surface area contributed by atoms with Crippen molar-refractivity contribution in [3.05, 3.63) is 24.0 Å². The van der Waals surface area contributed by atoms with Crippen LogP contribution in [0, 0.1) is 0 Å². The molecule has 0 spiro atoms. The summed E-state index contributed by atoms with van der Waals surface area (Å²) in [6.07, 6.45) is 3.14. The minimum atomic E-state index is 0.426. The van der Waals surface area contributed by atoms with Crippen LogP contribution in [-0.2, 0) is 6.54 Å². The van der Waals surface area contributed by atoms with Gasteiger partial charge in [0.25, 0.3) is 0 Å². The third-order valence-corrected chi connectivity index (χ3v) is 4.79. The number of anilines is 1. The van der Waals surface area contributed by atoms with Crippen LogP contribution >= 0.6 is 11.8 Å².